The van der Waals surface area contributed by atoms with Crippen molar-refractivity contribution in [1.82, 2.24) is 15.0 Å². The summed E-state index contributed by atoms with van der Waals surface area (Å²) in [6.07, 6.45) is 0. The minimum atomic E-state index is 0.614. The van der Waals surface area contributed by atoms with Gasteiger partial charge >= 0.3 is 0 Å². The summed E-state index contributed by atoms with van der Waals surface area (Å²) >= 11 is 0. The van der Waals surface area contributed by atoms with E-state index < -0.39 is 0 Å². The lowest BCUT2D eigenvalue weighted by atomic mass is 9.90. The van der Waals surface area contributed by atoms with Crippen LogP contribution in [0.1, 0.15) is 0 Å². The first-order valence-corrected chi connectivity index (χ1v) is 19.6. The second kappa shape index (κ2) is 15.4. The molecule has 0 aliphatic heterocycles. The molecule has 0 bridgehead atoms. The van der Waals surface area contributed by atoms with Gasteiger partial charge in [-0.1, -0.05) is 212 Å². The Morgan fingerprint density at radius 3 is 1.10 bits per heavy atom. The van der Waals surface area contributed by atoms with Gasteiger partial charge in [0.15, 0.2) is 17.5 Å². The van der Waals surface area contributed by atoms with Crippen LogP contribution in [-0.2, 0) is 0 Å². The SMILES string of the molecule is c1ccc(-c2ccc(-c3nc(-c4ccc(-c5ccccc5)cc4)nc(-c4cc(-c5ccccc5-c5ccc6ccccc6c5)ccc4-c4ccccc4)n3)cc2)cc1. The number of nitrogens with zero attached hydrogens (tertiary/aromatic N) is 3. The molecule has 10 rings (SSSR count). The fourth-order valence-corrected chi connectivity index (χ4v) is 7.75. The first-order valence-electron chi connectivity index (χ1n) is 19.6. The molecular weight excluding hydrogens is 703 g/mol. The second-order valence-electron chi connectivity index (χ2n) is 14.4. The van der Waals surface area contributed by atoms with Crippen molar-refractivity contribution in [3.8, 4) is 89.8 Å². The predicted molar refractivity (Wildman–Crippen MR) is 241 cm³/mol. The topological polar surface area (TPSA) is 38.7 Å². The summed E-state index contributed by atoms with van der Waals surface area (Å²) in [6.45, 7) is 0. The molecule has 0 aliphatic carbocycles. The van der Waals surface area contributed by atoms with Crippen molar-refractivity contribution in [3.63, 3.8) is 0 Å². The Labute approximate surface area is 338 Å². The Bertz CT molecular complexity index is 2910. The zero-order valence-electron chi connectivity index (χ0n) is 31.7. The smallest absolute Gasteiger partial charge is 0.164 e. The molecule has 0 amide bonds. The van der Waals surface area contributed by atoms with Crippen LogP contribution in [0.3, 0.4) is 0 Å². The Morgan fingerprint density at radius 2 is 0.552 bits per heavy atom. The molecule has 0 unspecified atom stereocenters. The van der Waals surface area contributed by atoms with Gasteiger partial charge in [-0.15, -0.1) is 0 Å². The number of hydrogen-bond acceptors (Lipinski definition) is 3. The zero-order valence-corrected chi connectivity index (χ0v) is 31.7. The van der Waals surface area contributed by atoms with E-state index >= 15 is 0 Å². The fourth-order valence-electron chi connectivity index (χ4n) is 7.75. The average Bonchev–Trinajstić information content (AvgIpc) is 3.32. The van der Waals surface area contributed by atoms with Gasteiger partial charge in [-0.2, -0.15) is 0 Å². The molecule has 0 aliphatic rings. The van der Waals surface area contributed by atoms with E-state index in [0.717, 1.165) is 61.2 Å². The van der Waals surface area contributed by atoms with Crippen LogP contribution in [-0.4, -0.2) is 15.0 Å². The van der Waals surface area contributed by atoms with Crippen LogP contribution in [0.5, 0.6) is 0 Å². The van der Waals surface area contributed by atoms with E-state index in [0.29, 0.717) is 17.5 Å². The molecule has 3 nitrogen and oxygen atoms in total. The van der Waals surface area contributed by atoms with Crippen LogP contribution >= 0.6 is 0 Å². The summed E-state index contributed by atoms with van der Waals surface area (Å²) in [5, 5.41) is 2.44. The van der Waals surface area contributed by atoms with Crippen LogP contribution in [0.15, 0.2) is 224 Å². The van der Waals surface area contributed by atoms with Crippen molar-refractivity contribution in [2.45, 2.75) is 0 Å². The highest BCUT2D eigenvalue weighted by molar-refractivity contribution is 5.93. The van der Waals surface area contributed by atoms with Gasteiger partial charge in [0, 0.05) is 16.7 Å². The van der Waals surface area contributed by atoms with Crippen LogP contribution in [0.4, 0.5) is 0 Å². The summed E-state index contributed by atoms with van der Waals surface area (Å²) in [5.41, 5.74) is 14.1. The minimum absolute atomic E-state index is 0.614. The van der Waals surface area contributed by atoms with Crippen LogP contribution in [0, 0.1) is 0 Å². The zero-order chi connectivity index (χ0) is 38.7. The first-order chi connectivity index (χ1) is 28.7. The Hall–Kier alpha value is -7.75. The lowest BCUT2D eigenvalue weighted by Crippen LogP contribution is -2.01. The van der Waals surface area contributed by atoms with E-state index in [-0.39, 0.29) is 0 Å². The monoisotopic (exact) mass is 739 g/mol. The van der Waals surface area contributed by atoms with Crippen molar-refractivity contribution in [1.29, 1.82) is 0 Å². The van der Waals surface area contributed by atoms with Gasteiger partial charge in [-0.25, -0.2) is 15.0 Å². The van der Waals surface area contributed by atoms with Gasteiger partial charge in [0.25, 0.3) is 0 Å². The lowest BCUT2D eigenvalue weighted by Gasteiger charge is -2.16. The third-order valence-corrected chi connectivity index (χ3v) is 10.8. The number of rotatable bonds is 8. The van der Waals surface area contributed by atoms with E-state index in [1.54, 1.807) is 0 Å². The van der Waals surface area contributed by atoms with Crippen molar-refractivity contribution < 1.29 is 0 Å². The molecule has 0 saturated heterocycles. The summed E-state index contributed by atoms with van der Waals surface area (Å²) in [6, 6.07) is 78.9. The van der Waals surface area contributed by atoms with Gasteiger partial charge in [-0.3, -0.25) is 0 Å². The first kappa shape index (κ1) is 34.7. The summed E-state index contributed by atoms with van der Waals surface area (Å²) < 4.78 is 0. The summed E-state index contributed by atoms with van der Waals surface area (Å²) in [4.78, 5) is 15.7. The number of benzene rings is 9. The van der Waals surface area contributed by atoms with Crippen molar-refractivity contribution in [3.05, 3.63) is 224 Å². The maximum Gasteiger partial charge on any atom is 0.164 e. The Kier molecular flexibility index (Phi) is 9.23. The molecule has 58 heavy (non-hydrogen) atoms. The van der Waals surface area contributed by atoms with E-state index in [9.17, 15) is 0 Å². The number of aromatic nitrogens is 3. The molecule has 0 saturated carbocycles. The van der Waals surface area contributed by atoms with E-state index in [1.807, 2.05) is 12.1 Å². The fraction of sp³-hybridized carbons (Fsp3) is 0. The van der Waals surface area contributed by atoms with E-state index in [1.165, 1.54) is 21.9 Å². The van der Waals surface area contributed by atoms with Crippen molar-refractivity contribution >= 4 is 10.8 Å². The van der Waals surface area contributed by atoms with Gasteiger partial charge in [-0.05, 0) is 78.5 Å². The lowest BCUT2D eigenvalue weighted by molar-refractivity contribution is 1.07. The molecule has 1 aromatic heterocycles. The molecule has 0 radical (unpaired) electrons. The molecule has 0 atom stereocenters. The number of hydrogen-bond donors (Lipinski definition) is 0. The van der Waals surface area contributed by atoms with Gasteiger partial charge in [0.1, 0.15) is 0 Å². The standard InChI is InChI=1S/C55H37N3/c1-4-14-38(15-5-1)41-24-29-44(30-25-41)53-56-54(45-31-26-42(27-32-45)39-16-6-2-7-17-39)58-55(57-53)52-37-48(34-35-51(52)43-19-8-3-9-20-43)50-23-13-12-22-49(50)47-33-28-40-18-10-11-21-46(40)36-47/h1-37H. The third kappa shape index (κ3) is 6.98. The van der Waals surface area contributed by atoms with Gasteiger partial charge in [0.05, 0.1) is 0 Å². The second-order valence-corrected chi connectivity index (χ2v) is 14.4. The third-order valence-electron chi connectivity index (χ3n) is 10.8. The van der Waals surface area contributed by atoms with Crippen LogP contribution in [0.2, 0.25) is 0 Å². The molecule has 3 heteroatoms. The highest BCUT2D eigenvalue weighted by Gasteiger charge is 2.18. The Balaban J connectivity index is 1.15. The van der Waals surface area contributed by atoms with E-state index in [4.69, 9.17) is 15.0 Å². The number of fused-ring (bicyclic) bond motifs is 1. The molecule has 1 heterocycles. The molecule has 272 valence electrons. The molecule has 0 spiro atoms. The maximum atomic E-state index is 5.28. The molecule has 10 aromatic rings. The van der Waals surface area contributed by atoms with Crippen molar-refractivity contribution in [2.24, 2.45) is 0 Å². The quantitative estimate of drug-likeness (QED) is 0.156. The molecule has 9 aromatic carbocycles. The van der Waals surface area contributed by atoms with Crippen LogP contribution in [0.25, 0.3) is 101 Å². The van der Waals surface area contributed by atoms with Gasteiger partial charge in [0.2, 0.25) is 0 Å². The minimum Gasteiger partial charge on any atom is -0.208 e. The van der Waals surface area contributed by atoms with E-state index in [2.05, 4.69) is 212 Å². The highest BCUT2D eigenvalue weighted by Crippen LogP contribution is 2.39. The largest absolute Gasteiger partial charge is 0.208 e. The molecule has 0 fully saturated rings. The van der Waals surface area contributed by atoms with Crippen molar-refractivity contribution in [2.75, 3.05) is 0 Å². The maximum absolute atomic E-state index is 5.28. The molecular formula is C55H37N3. The normalized spacial score (nSPS) is 11.1. The average molecular weight is 740 g/mol. The highest BCUT2D eigenvalue weighted by atomic mass is 15.0. The summed E-state index contributed by atoms with van der Waals surface area (Å²) in [5.74, 6) is 1.85. The predicted octanol–water partition coefficient (Wildman–Crippen LogP) is 14.4. The Morgan fingerprint density at radius 1 is 0.190 bits per heavy atom. The molecule has 0 N–H and O–H groups in total. The van der Waals surface area contributed by atoms with Crippen LogP contribution < -0.4 is 0 Å². The summed E-state index contributed by atoms with van der Waals surface area (Å²) in [7, 11) is 0. The van der Waals surface area contributed by atoms with Gasteiger partial charge < -0.3 is 0 Å².